The van der Waals surface area contributed by atoms with Crippen LogP contribution in [0.2, 0.25) is 0 Å². The number of hydrogen-bond acceptors (Lipinski definition) is 2. The van der Waals surface area contributed by atoms with E-state index in [1.807, 2.05) is 34.6 Å². The molecule has 21 heavy (non-hydrogen) atoms. The highest BCUT2D eigenvalue weighted by molar-refractivity contribution is 14.1. The smallest absolute Gasteiger partial charge is 0.410 e. The molecule has 0 aromatic heterocycles. The van der Waals surface area contributed by atoms with Crippen LogP contribution >= 0.6 is 22.6 Å². The highest BCUT2D eigenvalue weighted by atomic mass is 127. The number of hydrogen-bond donors (Lipinski definition) is 0. The second-order valence-electron chi connectivity index (χ2n) is 6.49. The summed E-state index contributed by atoms with van der Waals surface area (Å²) in [5, 5.41) is 0. The van der Waals surface area contributed by atoms with Crippen molar-refractivity contribution >= 4 is 28.7 Å². The average Bonchev–Trinajstić information content (AvgIpc) is 2.30. The molecule has 1 rings (SSSR count). The fraction of sp³-hybridized carbons (Fsp3) is 0.562. The first-order valence-electron chi connectivity index (χ1n) is 7.00. The largest absolute Gasteiger partial charge is 0.444 e. The van der Waals surface area contributed by atoms with Crippen LogP contribution in [-0.4, -0.2) is 23.1 Å². The number of nitrogens with zero attached hydrogens (tertiary/aromatic N) is 1. The summed E-state index contributed by atoms with van der Waals surface area (Å²) in [6, 6.07) is 4.61. The average molecular weight is 407 g/mol. The van der Waals surface area contributed by atoms with Crippen molar-refractivity contribution in [2.24, 2.45) is 5.92 Å². The third-order valence-corrected chi connectivity index (χ3v) is 3.66. The Morgan fingerprint density at radius 3 is 2.52 bits per heavy atom. The molecule has 3 nitrogen and oxygen atoms in total. The molecule has 0 bridgehead atoms. The molecule has 0 unspecified atom stereocenters. The van der Waals surface area contributed by atoms with Crippen molar-refractivity contribution in [3.05, 3.63) is 33.1 Å². The van der Waals surface area contributed by atoms with Crippen LogP contribution < -0.4 is 0 Å². The van der Waals surface area contributed by atoms with Gasteiger partial charge in [-0.3, -0.25) is 0 Å². The van der Waals surface area contributed by atoms with E-state index in [4.69, 9.17) is 4.74 Å². The molecule has 5 heteroatoms. The number of carbonyl (C=O) groups is 1. The molecule has 0 aliphatic carbocycles. The molecule has 1 aromatic carbocycles. The fourth-order valence-corrected chi connectivity index (χ4v) is 2.35. The molecule has 0 atom stereocenters. The summed E-state index contributed by atoms with van der Waals surface area (Å²) in [4.78, 5) is 13.9. The van der Waals surface area contributed by atoms with E-state index in [1.54, 1.807) is 11.0 Å². The second-order valence-corrected chi connectivity index (χ2v) is 7.65. The van der Waals surface area contributed by atoms with E-state index in [0.29, 0.717) is 19.0 Å². The van der Waals surface area contributed by atoms with Gasteiger partial charge in [-0.1, -0.05) is 13.8 Å². The van der Waals surface area contributed by atoms with Gasteiger partial charge in [0.05, 0.1) is 6.54 Å². The van der Waals surface area contributed by atoms with E-state index < -0.39 is 5.60 Å². The maximum Gasteiger partial charge on any atom is 0.410 e. The van der Waals surface area contributed by atoms with Crippen molar-refractivity contribution in [1.29, 1.82) is 0 Å². The zero-order chi connectivity index (χ0) is 16.2. The van der Waals surface area contributed by atoms with E-state index in [9.17, 15) is 9.18 Å². The first-order chi connectivity index (χ1) is 9.58. The molecule has 118 valence electrons. The maximum absolute atomic E-state index is 13.4. The van der Waals surface area contributed by atoms with Crippen LogP contribution in [0.1, 0.15) is 40.2 Å². The third-order valence-electron chi connectivity index (χ3n) is 2.61. The lowest BCUT2D eigenvalue weighted by molar-refractivity contribution is 0.0210. The topological polar surface area (TPSA) is 29.5 Å². The summed E-state index contributed by atoms with van der Waals surface area (Å²) in [6.07, 6.45) is -0.365. The van der Waals surface area contributed by atoms with Gasteiger partial charge in [0.15, 0.2) is 0 Å². The standard InChI is InChI=1S/C16H23FINO2/c1-11(2)9-19(15(20)21-16(3,4)5)10-12-8-13(17)6-7-14(12)18/h6-8,11H,9-10H2,1-5H3. The number of benzene rings is 1. The lowest BCUT2D eigenvalue weighted by Crippen LogP contribution is -2.38. The number of amides is 1. The fourth-order valence-electron chi connectivity index (χ4n) is 1.84. The molecule has 0 fully saturated rings. The van der Waals surface area contributed by atoms with Gasteiger partial charge >= 0.3 is 6.09 Å². The molecule has 0 aliphatic heterocycles. The highest BCUT2D eigenvalue weighted by Gasteiger charge is 2.23. The second kappa shape index (κ2) is 7.42. The van der Waals surface area contributed by atoms with Crippen molar-refractivity contribution in [2.45, 2.75) is 46.8 Å². The molecule has 0 spiro atoms. The van der Waals surface area contributed by atoms with Crippen molar-refractivity contribution in [3.8, 4) is 0 Å². The van der Waals surface area contributed by atoms with E-state index in [0.717, 1.165) is 9.13 Å². The van der Waals surface area contributed by atoms with Crippen molar-refractivity contribution in [3.63, 3.8) is 0 Å². The van der Waals surface area contributed by atoms with E-state index in [-0.39, 0.29) is 11.9 Å². The molecule has 0 saturated heterocycles. The SMILES string of the molecule is CC(C)CN(Cc1cc(F)ccc1I)C(=O)OC(C)(C)C. The van der Waals surface area contributed by atoms with Crippen molar-refractivity contribution in [1.82, 2.24) is 4.90 Å². The Morgan fingerprint density at radius 2 is 2.00 bits per heavy atom. The van der Waals surface area contributed by atoms with Crippen LogP contribution in [0.15, 0.2) is 18.2 Å². The van der Waals surface area contributed by atoms with Gasteiger partial charge in [0.25, 0.3) is 0 Å². The maximum atomic E-state index is 13.4. The Balaban J connectivity index is 2.92. The molecule has 0 radical (unpaired) electrons. The van der Waals surface area contributed by atoms with E-state index in [2.05, 4.69) is 22.6 Å². The van der Waals surface area contributed by atoms with Gasteiger partial charge in [-0.05, 0) is 73.0 Å². The van der Waals surface area contributed by atoms with Crippen LogP contribution in [0.25, 0.3) is 0 Å². The first kappa shape index (κ1) is 18.2. The lowest BCUT2D eigenvalue weighted by atomic mass is 10.1. The minimum absolute atomic E-state index is 0.292. The van der Waals surface area contributed by atoms with Gasteiger partial charge in [0.1, 0.15) is 11.4 Å². The quantitative estimate of drug-likeness (QED) is 0.670. The molecular formula is C16H23FINO2. The molecule has 0 N–H and O–H groups in total. The van der Waals surface area contributed by atoms with Gasteiger partial charge < -0.3 is 9.64 Å². The molecule has 1 aromatic rings. The van der Waals surface area contributed by atoms with Crippen LogP contribution in [0.4, 0.5) is 9.18 Å². The first-order valence-corrected chi connectivity index (χ1v) is 8.08. The monoisotopic (exact) mass is 407 g/mol. The van der Waals surface area contributed by atoms with Gasteiger partial charge in [-0.25, -0.2) is 9.18 Å². The normalized spacial score (nSPS) is 11.6. The van der Waals surface area contributed by atoms with E-state index >= 15 is 0 Å². The Kier molecular flexibility index (Phi) is 6.43. The molecule has 0 heterocycles. The van der Waals surface area contributed by atoms with Gasteiger partial charge in [-0.2, -0.15) is 0 Å². The van der Waals surface area contributed by atoms with Crippen molar-refractivity contribution in [2.75, 3.05) is 6.54 Å². The summed E-state index contributed by atoms with van der Waals surface area (Å²) < 4.78 is 19.8. The molecule has 0 aliphatic rings. The highest BCUT2D eigenvalue weighted by Crippen LogP contribution is 2.19. The Hall–Kier alpha value is -0.850. The Labute approximate surface area is 140 Å². The van der Waals surface area contributed by atoms with Gasteiger partial charge in [0, 0.05) is 10.1 Å². The van der Waals surface area contributed by atoms with Crippen LogP contribution in [-0.2, 0) is 11.3 Å². The Morgan fingerprint density at radius 1 is 1.38 bits per heavy atom. The number of halogens is 2. The summed E-state index contributed by atoms with van der Waals surface area (Å²) in [7, 11) is 0. The van der Waals surface area contributed by atoms with Crippen LogP contribution in [0.5, 0.6) is 0 Å². The zero-order valence-corrected chi connectivity index (χ0v) is 15.4. The van der Waals surface area contributed by atoms with Crippen LogP contribution in [0, 0.1) is 15.3 Å². The van der Waals surface area contributed by atoms with Crippen LogP contribution in [0.3, 0.4) is 0 Å². The lowest BCUT2D eigenvalue weighted by Gasteiger charge is -2.29. The molecular weight excluding hydrogens is 384 g/mol. The minimum atomic E-state index is -0.540. The summed E-state index contributed by atoms with van der Waals surface area (Å²) >= 11 is 2.15. The third kappa shape index (κ3) is 6.63. The Bertz CT molecular complexity index is 498. The van der Waals surface area contributed by atoms with E-state index in [1.165, 1.54) is 12.1 Å². The summed E-state index contributed by atoms with van der Waals surface area (Å²) in [5.41, 5.74) is 0.253. The van der Waals surface area contributed by atoms with Crippen molar-refractivity contribution < 1.29 is 13.9 Å². The predicted molar refractivity (Wildman–Crippen MR) is 90.6 cm³/mol. The van der Waals surface area contributed by atoms with Gasteiger partial charge in [-0.15, -0.1) is 0 Å². The summed E-state index contributed by atoms with van der Waals surface area (Å²) in [5.74, 6) is 0.0165. The molecule has 1 amide bonds. The number of carbonyl (C=O) groups excluding carboxylic acids is 1. The summed E-state index contributed by atoms with van der Waals surface area (Å²) in [6.45, 7) is 10.5. The van der Waals surface area contributed by atoms with Gasteiger partial charge in [0.2, 0.25) is 0 Å². The zero-order valence-electron chi connectivity index (χ0n) is 13.2. The predicted octanol–water partition coefficient (Wildman–Crippen LogP) is 4.82. The number of ether oxygens (including phenoxy) is 1. The molecule has 0 saturated carbocycles. The number of rotatable bonds is 4. The minimum Gasteiger partial charge on any atom is -0.444 e.